The van der Waals surface area contributed by atoms with Crippen LogP contribution in [-0.4, -0.2) is 12.5 Å². The van der Waals surface area contributed by atoms with Crippen LogP contribution >= 0.6 is 27.5 Å². The molecule has 0 bridgehead atoms. The summed E-state index contributed by atoms with van der Waals surface area (Å²) in [4.78, 5) is 12.3. The Kier molecular flexibility index (Phi) is 3.68. The molecule has 0 radical (unpaired) electrons. The molecule has 5 heteroatoms. The number of amides is 1. The minimum Gasteiger partial charge on any atom is -0.384 e. The molecule has 1 amide bonds. The van der Waals surface area contributed by atoms with Crippen molar-refractivity contribution in [2.75, 3.05) is 17.2 Å². The van der Waals surface area contributed by atoms with Gasteiger partial charge in [0, 0.05) is 17.8 Å². The minimum atomic E-state index is -0.149. The Morgan fingerprint density at radius 3 is 3.00 bits per heavy atom. The minimum absolute atomic E-state index is 0.149. The highest BCUT2D eigenvalue weighted by Crippen LogP contribution is 2.30. The molecule has 0 saturated carbocycles. The monoisotopic (exact) mass is 350 g/mol. The summed E-state index contributed by atoms with van der Waals surface area (Å²) in [6, 6.07) is 11.1. The van der Waals surface area contributed by atoms with Crippen molar-refractivity contribution in [1.82, 2.24) is 0 Å². The van der Waals surface area contributed by atoms with E-state index in [4.69, 9.17) is 11.6 Å². The molecule has 3 nitrogen and oxygen atoms in total. The van der Waals surface area contributed by atoms with Gasteiger partial charge in [0.15, 0.2) is 0 Å². The van der Waals surface area contributed by atoms with Crippen molar-refractivity contribution in [2.45, 2.75) is 6.42 Å². The standard InChI is InChI=1S/C15H12BrClN2O/c16-14-11(17)2-1-3-12(14)19-15(20)10-5-4-9-6-7-18-13(9)8-10/h1-5,8,18H,6-7H2,(H,19,20). The predicted molar refractivity (Wildman–Crippen MR) is 85.7 cm³/mol. The van der Waals surface area contributed by atoms with Crippen LogP contribution in [0.4, 0.5) is 11.4 Å². The second-order valence-electron chi connectivity index (χ2n) is 4.60. The maximum Gasteiger partial charge on any atom is 0.255 e. The molecule has 1 heterocycles. The first kappa shape index (κ1) is 13.5. The molecule has 0 aliphatic carbocycles. The SMILES string of the molecule is O=C(Nc1cccc(Cl)c1Br)c1ccc2c(c1)NCC2. The van der Waals surface area contributed by atoms with E-state index in [0.29, 0.717) is 20.7 Å². The van der Waals surface area contributed by atoms with E-state index in [2.05, 4.69) is 26.6 Å². The average Bonchev–Trinajstić information content (AvgIpc) is 2.91. The maximum atomic E-state index is 12.3. The van der Waals surface area contributed by atoms with Crippen molar-refractivity contribution in [3.63, 3.8) is 0 Å². The number of rotatable bonds is 2. The van der Waals surface area contributed by atoms with Crippen LogP contribution in [0.1, 0.15) is 15.9 Å². The van der Waals surface area contributed by atoms with E-state index >= 15 is 0 Å². The van der Waals surface area contributed by atoms with Gasteiger partial charge in [0.2, 0.25) is 0 Å². The van der Waals surface area contributed by atoms with Crippen LogP contribution in [0.15, 0.2) is 40.9 Å². The summed E-state index contributed by atoms with van der Waals surface area (Å²) in [7, 11) is 0. The molecule has 102 valence electrons. The number of nitrogens with one attached hydrogen (secondary N) is 2. The van der Waals surface area contributed by atoms with Crippen molar-refractivity contribution >= 4 is 44.8 Å². The van der Waals surface area contributed by atoms with Gasteiger partial charge in [0.1, 0.15) is 0 Å². The molecule has 3 rings (SSSR count). The van der Waals surface area contributed by atoms with Gasteiger partial charge in [-0.15, -0.1) is 0 Å². The molecule has 0 unspecified atom stereocenters. The summed E-state index contributed by atoms with van der Waals surface area (Å²) < 4.78 is 0.689. The van der Waals surface area contributed by atoms with Gasteiger partial charge < -0.3 is 10.6 Å². The van der Waals surface area contributed by atoms with Crippen molar-refractivity contribution in [2.24, 2.45) is 0 Å². The summed E-state index contributed by atoms with van der Waals surface area (Å²) in [6.07, 6.45) is 1.01. The fourth-order valence-electron chi connectivity index (χ4n) is 2.23. The molecular formula is C15H12BrClN2O. The molecule has 0 aromatic heterocycles. The van der Waals surface area contributed by atoms with Crippen LogP contribution in [0, 0.1) is 0 Å². The second kappa shape index (κ2) is 5.46. The first-order valence-electron chi connectivity index (χ1n) is 6.27. The Morgan fingerprint density at radius 1 is 1.30 bits per heavy atom. The Balaban J connectivity index is 1.84. The van der Waals surface area contributed by atoms with Crippen LogP contribution in [0.2, 0.25) is 5.02 Å². The van der Waals surface area contributed by atoms with E-state index in [1.54, 1.807) is 18.2 Å². The number of hydrogen-bond acceptors (Lipinski definition) is 2. The van der Waals surface area contributed by atoms with Gasteiger partial charge in [0.05, 0.1) is 15.2 Å². The number of benzene rings is 2. The zero-order valence-corrected chi connectivity index (χ0v) is 12.9. The van der Waals surface area contributed by atoms with Gasteiger partial charge in [-0.25, -0.2) is 0 Å². The van der Waals surface area contributed by atoms with Gasteiger partial charge in [-0.2, -0.15) is 0 Å². The van der Waals surface area contributed by atoms with Crippen LogP contribution in [0.3, 0.4) is 0 Å². The van der Waals surface area contributed by atoms with Gasteiger partial charge in [-0.3, -0.25) is 4.79 Å². The average molecular weight is 352 g/mol. The number of hydrogen-bond donors (Lipinski definition) is 2. The van der Waals surface area contributed by atoms with Crippen molar-refractivity contribution in [1.29, 1.82) is 0 Å². The van der Waals surface area contributed by atoms with Gasteiger partial charge in [-0.05, 0) is 52.2 Å². The Bertz CT molecular complexity index is 688. The highest BCUT2D eigenvalue weighted by atomic mass is 79.9. The largest absolute Gasteiger partial charge is 0.384 e. The van der Waals surface area contributed by atoms with Crippen molar-refractivity contribution in [3.05, 3.63) is 57.0 Å². The third kappa shape index (κ3) is 2.53. The lowest BCUT2D eigenvalue weighted by atomic mass is 10.1. The van der Waals surface area contributed by atoms with E-state index in [9.17, 15) is 4.79 Å². The maximum absolute atomic E-state index is 12.3. The quantitative estimate of drug-likeness (QED) is 0.846. The van der Waals surface area contributed by atoms with Crippen LogP contribution in [0.25, 0.3) is 0 Å². The van der Waals surface area contributed by atoms with E-state index < -0.39 is 0 Å². The fraction of sp³-hybridized carbons (Fsp3) is 0.133. The molecule has 1 aliphatic rings. The molecule has 0 fully saturated rings. The van der Waals surface area contributed by atoms with Gasteiger partial charge in [0.25, 0.3) is 5.91 Å². The summed E-state index contributed by atoms with van der Waals surface area (Å²) >= 11 is 9.38. The Labute approximate surface area is 130 Å². The molecule has 2 N–H and O–H groups in total. The topological polar surface area (TPSA) is 41.1 Å². The lowest BCUT2D eigenvalue weighted by molar-refractivity contribution is 0.102. The molecule has 0 spiro atoms. The molecule has 0 atom stereocenters. The van der Waals surface area contributed by atoms with Crippen molar-refractivity contribution < 1.29 is 4.79 Å². The molecule has 0 saturated heterocycles. The van der Waals surface area contributed by atoms with Gasteiger partial charge in [-0.1, -0.05) is 23.7 Å². The zero-order chi connectivity index (χ0) is 14.1. The van der Waals surface area contributed by atoms with Gasteiger partial charge >= 0.3 is 0 Å². The first-order valence-corrected chi connectivity index (χ1v) is 7.44. The van der Waals surface area contributed by atoms with Crippen molar-refractivity contribution in [3.8, 4) is 0 Å². The Hall–Kier alpha value is -1.52. The summed E-state index contributed by atoms with van der Waals surface area (Å²) in [6.45, 7) is 0.931. The zero-order valence-electron chi connectivity index (χ0n) is 10.5. The van der Waals surface area contributed by atoms with E-state index in [-0.39, 0.29) is 5.91 Å². The smallest absolute Gasteiger partial charge is 0.255 e. The third-order valence-corrected chi connectivity index (χ3v) is 4.68. The molecule has 1 aliphatic heterocycles. The lowest BCUT2D eigenvalue weighted by Crippen LogP contribution is -2.12. The predicted octanol–water partition coefficient (Wildman–Crippen LogP) is 4.32. The number of anilines is 2. The number of halogens is 2. The Morgan fingerprint density at radius 2 is 2.15 bits per heavy atom. The number of carbonyl (C=O) groups excluding carboxylic acids is 1. The van der Waals surface area contributed by atoms with Crippen LogP contribution in [-0.2, 0) is 6.42 Å². The van der Waals surface area contributed by atoms with Crippen LogP contribution < -0.4 is 10.6 Å². The third-order valence-electron chi connectivity index (χ3n) is 3.28. The van der Waals surface area contributed by atoms with E-state index in [1.165, 1.54) is 5.56 Å². The molecule has 2 aromatic carbocycles. The summed E-state index contributed by atoms with van der Waals surface area (Å²) in [5, 5.41) is 6.70. The van der Waals surface area contributed by atoms with E-state index in [1.807, 2.05) is 18.2 Å². The van der Waals surface area contributed by atoms with E-state index in [0.717, 1.165) is 18.7 Å². The highest BCUT2D eigenvalue weighted by Gasteiger charge is 2.14. The first-order chi connectivity index (χ1) is 9.65. The summed E-state index contributed by atoms with van der Waals surface area (Å²) in [5.74, 6) is -0.149. The molecule has 20 heavy (non-hydrogen) atoms. The lowest BCUT2D eigenvalue weighted by Gasteiger charge is -2.09. The molecular weight excluding hydrogens is 340 g/mol. The normalized spacial score (nSPS) is 12.7. The second-order valence-corrected chi connectivity index (χ2v) is 5.80. The van der Waals surface area contributed by atoms with Crippen LogP contribution in [0.5, 0.6) is 0 Å². The fourth-order valence-corrected chi connectivity index (χ4v) is 2.76. The highest BCUT2D eigenvalue weighted by molar-refractivity contribution is 9.10. The number of fused-ring (bicyclic) bond motifs is 1. The molecule has 2 aromatic rings. The summed E-state index contributed by atoms with van der Waals surface area (Å²) in [5.41, 5.74) is 3.59. The number of carbonyl (C=O) groups is 1.